The van der Waals surface area contributed by atoms with Crippen molar-refractivity contribution < 1.29 is 14.3 Å². The Balaban J connectivity index is 1.25. The Morgan fingerprint density at radius 2 is 1.43 bits per heavy atom. The molecule has 0 bridgehead atoms. The number of hydrogen-bond acceptors (Lipinski definition) is 3. The van der Waals surface area contributed by atoms with Crippen LogP contribution in [0.2, 0.25) is 0 Å². The molecule has 0 fully saturated rings. The largest absolute Gasteiger partial charge is 0.477 e. The molecule has 0 amide bonds. The minimum absolute atomic E-state index is 0.151. The predicted octanol–water partition coefficient (Wildman–Crippen LogP) is 14.7. The summed E-state index contributed by atoms with van der Waals surface area (Å²) in [4.78, 5) is 11.5. The SMILES string of the molecule is CCCCC(CC)Cn1c2ccc(-c3ccc4c(c3)C(CCCC)(CCCC)c3cc(-c5ccc(/C=C(/C#N)C(=O)O)o5)ccc3-4)cc2c2ccc3ccccc3c21. The summed E-state index contributed by atoms with van der Waals surface area (Å²) in [6.07, 6.45) is 12.8. The van der Waals surface area contributed by atoms with Crippen molar-refractivity contribution in [3.63, 3.8) is 0 Å². The van der Waals surface area contributed by atoms with Gasteiger partial charge in [0, 0.05) is 45.3 Å². The predicted molar refractivity (Wildman–Crippen MR) is 240 cm³/mol. The highest BCUT2D eigenvalue weighted by atomic mass is 16.4. The van der Waals surface area contributed by atoms with Gasteiger partial charge in [-0.25, -0.2) is 4.79 Å². The van der Waals surface area contributed by atoms with Crippen molar-refractivity contribution in [3.8, 4) is 39.6 Å². The third kappa shape index (κ3) is 6.93. The number of benzene rings is 5. The first-order chi connectivity index (χ1) is 28.3. The average molecular weight is 767 g/mol. The zero-order valence-corrected chi connectivity index (χ0v) is 34.4. The molecule has 1 aliphatic rings. The number of aromatic nitrogens is 1. The molecule has 0 saturated carbocycles. The summed E-state index contributed by atoms with van der Waals surface area (Å²) in [5.41, 5.74) is 10.9. The van der Waals surface area contributed by atoms with Crippen LogP contribution in [-0.4, -0.2) is 15.6 Å². The van der Waals surface area contributed by atoms with Crippen LogP contribution in [0.5, 0.6) is 0 Å². The lowest BCUT2D eigenvalue weighted by Crippen LogP contribution is -2.25. The monoisotopic (exact) mass is 766 g/mol. The molecule has 8 rings (SSSR count). The molecule has 5 heteroatoms. The van der Waals surface area contributed by atoms with E-state index in [0.717, 1.165) is 50.6 Å². The summed E-state index contributed by atoms with van der Waals surface area (Å²) in [6.45, 7) is 10.2. The number of aliphatic carboxylic acids is 1. The number of rotatable bonds is 16. The molecule has 2 heterocycles. The second kappa shape index (κ2) is 16.5. The zero-order valence-electron chi connectivity index (χ0n) is 34.4. The molecular weight excluding hydrogens is 713 g/mol. The molecule has 1 aliphatic carbocycles. The molecule has 2 aromatic heterocycles. The first-order valence-corrected chi connectivity index (χ1v) is 21.5. The van der Waals surface area contributed by atoms with Crippen molar-refractivity contribution in [2.45, 2.75) is 104 Å². The third-order valence-electron chi connectivity index (χ3n) is 12.9. The van der Waals surface area contributed by atoms with Gasteiger partial charge in [-0.15, -0.1) is 0 Å². The summed E-state index contributed by atoms with van der Waals surface area (Å²) in [7, 11) is 0. The summed E-state index contributed by atoms with van der Waals surface area (Å²) in [5.74, 6) is 0.371. The van der Waals surface area contributed by atoms with Crippen molar-refractivity contribution in [2.75, 3.05) is 0 Å². The molecule has 0 radical (unpaired) electrons. The highest BCUT2D eigenvalue weighted by molar-refractivity contribution is 6.18. The van der Waals surface area contributed by atoms with Crippen LogP contribution in [0.1, 0.15) is 109 Å². The van der Waals surface area contributed by atoms with E-state index < -0.39 is 5.97 Å². The Morgan fingerprint density at radius 3 is 2.12 bits per heavy atom. The first kappa shape index (κ1) is 39.0. The van der Waals surface area contributed by atoms with Crippen molar-refractivity contribution in [3.05, 3.63) is 126 Å². The standard InChI is InChI=1S/C53H54N2O3/c1-5-9-14-35(8-4)34-55-49-25-20-37(30-46(49)45-24-17-36-15-12-13-16-42(36)51(45)55)38-18-22-43-44-23-19-39(50-26-21-41(58-50)29-40(33-54)52(56)57)32-48(44)53(27-10-6-2,28-11-7-3)47(43)31-38/h12-13,15-26,29-32,35H,5-11,14,27-28,34H2,1-4H3,(H,56,57)/b40-29-. The smallest absolute Gasteiger partial charge is 0.346 e. The van der Waals surface area contributed by atoms with E-state index in [-0.39, 0.29) is 11.0 Å². The molecule has 294 valence electrons. The topological polar surface area (TPSA) is 79.2 Å². The molecule has 5 nitrogen and oxygen atoms in total. The number of carboxylic acids is 1. The minimum Gasteiger partial charge on any atom is -0.477 e. The number of unbranched alkanes of at least 4 members (excludes halogenated alkanes) is 3. The lowest BCUT2D eigenvalue weighted by atomic mass is 9.70. The number of fused-ring (bicyclic) bond motifs is 8. The van der Waals surface area contributed by atoms with E-state index in [1.165, 1.54) is 97.7 Å². The molecule has 1 N–H and O–H groups in total. The van der Waals surface area contributed by atoms with Crippen molar-refractivity contribution in [2.24, 2.45) is 5.92 Å². The van der Waals surface area contributed by atoms with Gasteiger partial charge in [-0.3, -0.25) is 0 Å². The van der Waals surface area contributed by atoms with E-state index in [1.54, 1.807) is 12.1 Å². The molecular formula is C53H54N2O3. The van der Waals surface area contributed by atoms with Gasteiger partial charge in [0.05, 0.1) is 5.52 Å². The number of furan rings is 1. The van der Waals surface area contributed by atoms with Gasteiger partial charge in [-0.1, -0.05) is 139 Å². The maximum atomic E-state index is 11.5. The van der Waals surface area contributed by atoms with E-state index in [1.807, 2.05) is 6.07 Å². The van der Waals surface area contributed by atoms with Crippen molar-refractivity contribution in [1.82, 2.24) is 4.57 Å². The molecule has 0 saturated heterocycles. The second-order valence-corrected chi connectivity index (χ2v) is 16.4. The normalized spacial score (nSPS) is 13.9. The van der Waals surface area contributed by atoms with Crippen molar-refractivity contribution >= 4 is 44.6 Å². The Labute approximate surface area is 342 Å². The third-order valence-corrected chi connectivity index (χ3v) is 12.9. The maximum Gasteiger partial charge on any atom is 0.346 e. The van der Waals surface area contributed by atoms with Gasteiger partial charge in [0.1, 0.15) is 23.2 Å². The van der Waals surface area contributed by atoms with Gasteiger partial charge in [-0.2, -0.15) is 5.26 Å². The van der Waals surface area contributed by atoms with Crippen LogP contribution in [0.25, 0.3) is 72.2 Å². The van der Waals surface area contributed by atoms with Crippen LogP contribution < -0.4 is 0 Å². The molecule has 7 aromatic rings. The first-order valence-electron chi connectivity index (χ1n) is 21.5. The average Bonchev–Trinajstić information content (AvgIpc) is 3.93. The fourth-order valence-corrected chi connectivity index (χ4v) is 9.73. The molecule has 0 aliphatic heterocycles. The van der Waals surface area contributed by atoms with Crippen LogP contribution in [0.3, 0.4) is 0 Å². The van der Waals surface area contributed by atoms with Gasteiger partial charge in [-0.05, 0) is 100 Å². The molecule has 58 heavy (non-hydrogen) atoms. The van der Waals surface area contributed by atoms with E-state index in [4.69, 9.17) is 4.42 Å². The van der Waals surface area contributed by atoms with E-state index >= 15 is 0 Å². The van der Waals surface area contributed by atoms with E-state index in [2.05, 4.69) is 123 Å². The van der Waals surface area contributed by atoms with E-state index in [0.29, 0.717) is 17.4 Å². The van der Waals surface area contributed by atoms with E-state index in [9.17, 15) is 15.2 Å². The van der Waals surface area contributed by atoms with Crippen LogP contribution in [0.15, 0.2) is 113 Å². The molecule has 0 spiro atoms. The molecule has 1 unspecified atom stereocenters. The summed E-state index contributed by atoms with van der Waals surface area (Å²) in [6, 6.07) is 39.9. The van der Waals surface area contributed by atoms with Gasteiger partial charge >= 0.3 is 5.97 Å². The summed E-state index contributed by atoms with van der Waals surface area (Å²) in [5, 5.41) is 24.0. The fourth-order valence-electron chi connectivity index (χ4n) is 9.73. The molecule has 5 aromatic carbocycles. The Kier molecular flexibility index (Phi) is 11.1. The number of hydrogen-bond donors (Lipinski definition) is 1. The Hall–Kier alpha value is -5.86. The Bertz CT molecular complexity index is 2710. The minimum atomic E-state index is -1.27. The van der Waals surface area contributed by atoms with Crippen LogP contribution in [-0.2, 0) is 16.8 Å². The summed E-state index contributed by atoms with van der Waals surface area (Å²) < 4.78 is 8.77. The lowest BCUT2D eigenvalue weighted by molar-refractivity contribution is -0.132. The number of carbonyl (C=O) groups is 1. The van der Waals surface area contributed by atoms with Crippen molar-refractivity contribution in [1.29, 1.82) is 5.26 Å². The van der Waals surface area contributed by atoms with Crippen LogP contribution in [0.4, 0.5) is 0 Å². The lowest BCUT2D eigenvalue weighted by Gasteiger charge is -2.33. The van der Waals surface area contributed by atoms with Gasteiger partial charge < -0.3 is 14.1 Å². The second-order valence-electron chi connectivity index (χ2n) is 16.4. The zero-order chi connectivity index (χ0) is 40.4. The van der Waals surface area contributed by atoms with Gasteiger partial charge in [0.2, 0.25) is 0 Å². The van der Waals surface area contributed by atoms with Gasteiger partial charge in [0.25, 0.3) is 0 Å². The van der Waals surface area contributed by atoms with Crippen LogP contribution >= 0.6 is 0 Å². The summed E-state index contributed by atoms with van der Waals surface area (Å²) >= 11 is 0. The number of carboxylic acid groups (broad SMARTS) is 1. The Morgan fingerprint density at radius 1 is 0.759 bits per heavy atom. The fraction of sp³-hybridized carbons (Fsp3) is 0.321. The highest BCUT2D eigenvalue weighted by Gasteiger charge is 2.42. The highest BCUT2D eigenvalue weighted by Crippen LogP contribution is 2.56. The number of nitrogens with zero attached hydrogens (tertiary/aromatic N) is 2. The quantitative estimate of drug-likeness (QED) is 0.0784. The maximum absolute atomic E-state index is 11.5. The van der Waals surface area contributed by atoms with Crippen LogP contribution in [0, 0.1) is 17.2 Å². The molecule has 1 atom stereocenters. The number of nitriles is 1. The van der Waals surface area contributed by atoms with Gasteiger partial charge in [0.15, 0.2) is 0 Å².